The van der Waals surface area contributed by atoms with Crippen molar-refractivity contribution in [2.45, 2.75) is 39.3 Å². The van der Waals surface area contributed by atoms with Crippen LogP contribution in [-0.2, 0) is 9.84 Å². The third-order valence-electron chi connectivity index (χ3n) is 3.41. The highest BCUT2D eigenvalue weighted by Gasteiger charge is 2.26. The van der Waals surface area contributed by atoms with E-state index in [1.807, 2.05) is 13.8 Å². The summed E-state index contributed by atoms with van der Waals surface area (Å²) in [4.78, 5) is 0. The Balaban J connectivity index is 2.35. The van der Waals surface area contributed by atoms with E-state index in [0.29, 0.717) is 12.2 Å². The average Bonchev–Trinajstić information content (AvgIpc) is 2.36. The molecule has 1 aliphatic heterocycles. The fourth-order valence-corrected chi connectivity index (χ4v) is 4.25. The number of benzene rings is 1. The lowest BCUT2D eigenvalue weighted by Gasteiger charge is -2.20. The topological polar surface area (TPSA) is 46.2 Å². The molecule has 1 aromatic rings. The molecule has 0 aromatic heterocycles. The summed E-state index contributed by atoms with van der Waals surface area (Å²) in [5.74, 6) is 0.503. The molecule has 1 fully saturated rings. The fourth-order valence-electron chi connectivity index (χ4n) is 2.57. The summed E-state index contributed by atoms with van der Waals surface area (Å²) in [5, 5.41) is 3.43. The first-order valence-electron chi connectivity index (χ1n) is 6.40. The molecular formula is C14H21NO2S. The molecule has 4 heteroatoms. The van der Waals surface area contributed by atoms with Crippen LogP contribution in [0.4, 0.5) is 0 Å². The zero-order chi connectivity index (χ0) is 13.3. The predicted octanol–water partition coefficient (Wildman–Crippen LogP) is 2.14. The molecule has 2 rings (SSSR count). The molecule has 1 aromatic carbocycles. The Hall–Kier alpha value is -0.870. The van der Waals surface area contributed by atoms with Gasteiger partial charge in [0.2, 0.25) is 0 Å². The van der Waals surface area contributed by atoms with Gasteiger partial charge in [-0.05, 0) is 32.8 Å². The quantitative estimate of drug-likeness (QED) is 0.848. The Morgan fingerprint density at radius 1 is 1.17 bits per heavy atom. The van der Waals surface area contributed by atoms with Crippen molar-refractivity contribution in [2.75, 3.05) is 11.5 Å². The van der Waals surface area contributed by atoms with Gasteiger partial charge in [0.05, 0.1) is 11.5 Å². The first kappa shape index (κ1) is 13.6. The molecule has 1 saturated heterocycles. The molecule has 2 unspecified atom stereocenters. The highest BCUT2D eigenvalue weighted by Crippen LogP contribution is 2.22. The van der Waals surface area contributed by atoms with Gasteiger partial charge in [-0.3, -0.25) is 0 Å². The zero-order valence-corrected chi connectivity index (χ0v) is 12.0. The summed E-state index contributed by atoms with van der Waals surface area (Å²) in [6.45, 7) is 6.15. The van der Waals surface area contributed by atoms with Gasteiger partial charge in [-0.2, -0.15) is 0 Å². The van der Waals surface area contributed by atoms with Gasteiger partial charge in [0.15, 0.2) is 9.84 Å². The van der Waals surface area contributed by atoms with Crippen LogP contribution in [0.15, 0.2) is 18.2 Å². The van der Waals surface area contributed by atoms with Crippen LogP contribution in [-0.4, -0.2) is 26.0 Å². The summed E-state index contributed by atoms with van der Waals surface area (Å²) in [5.41, 5.74) is 3.45. The van der Waals surface area contributed by atoms with Gasteiger partial charge in [0.1, 0.15) is 0 Å². The zero-order valence-electron chi connectivity index (χ0n) is 11.2. The number of hydrogen-bond acceptors (Lipinski definition) is 3. The second-order valence-corrected chi connectivity index (χ2v) is 7.67. The maximum atomic E-state index is 11.9. The minimum atomic E-state index is -2.94. The maximum Gasteiger partial charge on any atom is 0.152 e. The van der Waals surface area contributed by atoms with Crippen molar-refractivity contribution < 1.29 is 8.42 Å². The van der Waals surface area contributed by atoms with Crippen LogP contribution in [0.3, 0.4) is 0 Å². The van der Waals surface area contributed by atoms with E-state index in [2.05, 4.69) is 30.4 Å². The van der Waals surface area contributed by atoms with Crippen LogP contribution in [0.5, 0.6) is 0 Å². The van der Waals surface area contributed by atoms with Gasteiger partial charge in [-0.25, -0.2) is 8.42 Å². The number of aryl methyl sites for hydroxylation is 2. The van der Waals surface area contributed by atoms with Crippen molar-refractivity contribution in [2.24, 2.45) is 0 Å². The molecule has 100 valence electrons. The summed E-state index contributed by atoms with van der Waals surface area (Å²) >= 11 is 0. The van der Waals surface area contributed by atoms with Crippen LogP contribution in [0.1, 0.15) is 36.1 Å². The van der Waals surface area contributed by atoms with Crippen molar-refractivity contribution in [1.82, 2.24) is 5.32 Å². The SMILES string of the molecule is Cc1cc(C)cc(C2CS(=O)(=O)CCC(C)N2)c1. The van der Waals surface area contributed by atoms with E-state index in [-0.39, 0.29) is 17.8 Å². The minimum absolute atomic E-state index is 0.0777. The number of nitrogens with one attached hydrogen (secondary N) is 1. The van der Waals surface area contributed by atoms with E-state index < -0.39 is 9.84 Å². The molecule has 2 atom stereocenters. The fraction of sp³-hybridized carbons (Fsp3) is 0.571. The molecule has 1 N–H and O–H groups in total. The van der Waals surface area contributed by atoms with E-state index in [1.165, 1.54) is 11.1 Å². The number of hydrogen-bond donors (Lipinski definition) is 1. The Bertz CT molecular complexity index is 516. The Kier molecular flexibility index (Phi) is 3.78. The number of sulfone groups is 1. The van der Waals surface area contributed by atoms with Crippen molar-refractivity contribution in [3.05, 3.63) is 34.9 Å². The lowest BCUT2D eigenvalue weighted by Crippen LogP contribution is -2.31. The van der Waals surface area contributed by atoms with E-state index in [4.69, 9.17) is 0 Å². The van der Waals surface area contributed by atoms with Gasteiger partial charge in [-0.1, -0.05) is 29.3 Å². The molecule has 1 heterocycles. The molecule has 18 heavy (non-hydrogen) atoms. The molecular weight excluding hydrogens is 246 g/mol. The molecule has 0 saturated carbocycles. The Labute approximate surface area is 110 Å². The molecule has 0 radical (unpaired) electrons. The lowest BCUT2D eigenvalue weighted by atomic mass is 10.0. The largest absolute Gasteiger partial charge is 0.307 e. The molecule has 0 amide bonds. The lowest BCUT2D eigenvalue weighted by molar-refractivity contribution is 0.484. The highest BCUT2D eigenvalue weighted by molar-refractivity contribution is 7.91. The molecule has 0 spiro atoms. The van der Waals surface area contributed by atoms with Crippen molar-refractivity contribution in [3.63, 3.8) is 0 Å². The van der Waals surface area contributed by atoms with Crippen molar-refractivity contribution in [3.8, 4) is 0 Å². The van der Waals surface area contributed by atoms with Gasteiger partial charge in [-0.15, -0.1) is 0 Å². The Morgan fingerprint density at radius 3 is 2.39 bits per heavy atom. The summed E-state index contributed by atoms with van der Waals surface area (Å²) < 4.78 is 23.9. The standard InChI is InChI=1S/C14H21NO2S/c1-10-6-11(2)8-13(7-10)14-9-18(16,17)5-4-12(3)15-14/h6-8,12,14-15H,4-5,9H2,1-3H3. The van der Waals surface area contributed by atoms with Crippen LogP contribution in [0, 0.1) is 13.8 Å². The van der Waals surface area contributed by atoms with E-state index in [9.17, 15) is 8.42 Å². The van der Waals surface area contributed by atoms with E-state index in [1.54, 1.807) is 0 Å². The monoisotopic (exact) mass is 267 g/mol. The normalized spacial score (nSPS) is 27.7. The van der Waals surface area contributed by atoms with Crippen molar-refractivity contribution in [1.29, 1.82) is 0 Å². The highest BCUT2D eigenvalue weighted by atomic mass is 32.2. The number of rotatable bonds is 1. The smallest absolute Gasteiger partial charge is 0.152 e. The molecule has 1 aliphatic rings. The van der Waals surface area contributed by atoms with Crippen molar-refractivity contribution >= 4 is 9.84 Å². The summed E-state index contributed by atoms with van der Waals surface area (Å²) in [7, 11) is -2.94. The van der Waals surface area contributed by atoms with Gasteiger partial charge >= 0.3 is 0 Å². The van der Waals surface area contributed by atoms with E-state index >= 15 is 0 Å². The van der Waals surface area contributed by atoms with Gasteiger partial charge < -0.3 is 5.32 Å². The summed E-state index contributed by atoms with van der Waals surface area (Å²) in [6, 6.07) is 6.44. The van der Waals surface area contributed by atoms with E-state index in [0.717, 1.165) is 5.56 Å². The predicted molar refractivity (Wildman–Crippen MR) is 74.5 cm³/mol. The maximum absolute atomic E-state index is 11.9. The van der Waals surface area contributed by atoms with Crippen LogP contribution >= 0.6 is 0 Å². The van der Waals surface area contributed by atoms with Crippen LogP contribution < -0.4 is 5.32 Å². The minimum Gasteiger partial charge on any atom is -0.307 e. The molecule has 3 nitrogen and oxygen atoms in total. The molecule has 0 aliphatic carbocycles. The second kappa shape index (κ2) is 5.02. The summed E-state index contributed by atoms with van der Waals surface area (Å²) in [6.07, 6.45) is 0.698. The second-order valence-electron chi connectivity index (χ2n) is 5.44. The van der Waals surface area contributed by atoms with Crippen LogP contribution in [0.25, 0.3) is 0 Å². The van der Waals surface area contributed by atoms with Crippen LogP contribution in [0.2, 0.25) is 0 Å². The third-order valence-corrected chi connectivity index (χ3v) is 5.11. The first-order valence-corrected chi connectivity index (χ1v) is 8.22. The first-order chi connectivity index (χ1) is 8.35. The Morgan fingerprint density at radius 2 is 1.78 bits per heavy atom. The van der Waals surface area contributed by atoms with Gasteiger partial charge in [0.25, 0.3) is 0 Å². The third kappa shape index (κ3) is 3.33. The van der Waals surface area contributed by atoms with Gasteiger partial charge in [0, 0.05) is 12.1 Å². The molecule has 0 bridgehead atoms. The average molecular weight is 267 g/mol.